The van der Waals surface area contributed by atoms with E-state index in [0.29, 0.717) is 74.1 Å². The second kappa shape index (κ2) is 34.4. The van der Waals surface area contributed by atoms with E-state index in [9.17, 15) is 5.26 Å². The van der Waals surface area contributed by atoms with E-state index in [4.69, 9.17) is 45.5 Å². The van der Waals surface area contributed by atoms with E-state index in [-0.39, 0.29) is 82.5 Å². The van der Waals surface area contributed by atoms with Gasteiger partial charge in [-0.15, -0.1) is 11.4 Å². The van der Waals surface area contributed by atoms with Gasteiger partial charge >= 0.3 is 19.5 Å². The van der Waals surface area contributed by atoms with Crippen LogP contribution in [0.5, 0.6) is 34.8 Å². The van der Waals surface area contributed by atoms with Crippen molar-refractivity contribution in [2.24, 2.45) is 21.8 Å². The van der Waals surface area contributed by atoms with Gasteiger partial charge in [0.25, 0.3) is 5.90 Å². The number of aryl methyl sites for hydroxylation is 2. The monoisotopic (exact) mass is 1540 g/mol. The first-order valence-corrected chi connectivity index (χ1v) is 40.6. The van der Waals surface area contributed by atoms with Crippen LogP contribution >= 0.6 is 0 Å². The molecule has 0 bridgehead atoms. The molecule has 0 atom stereocenters. The van der Waals surface area contributed by atoms with Crippen molar-refractivity contribution in [3.63, 3.8) is 0 Å². The maximum Gasteiger partial charge on any atom is 2.00 e. The van der Waals surface area contributed by atoms with Crippen molar-refractivity contribution in [2.45, 2.75) is 259 Å². The Morgan fingerprint density at radius 3 is 1.11 bits per heavy atom. The zero-order valence-electron chi connectivity index (χ0n) is 68.1. The minimum Gasteiger partial charge on any atom is -0.637 e. The Kier molecular flexibility index (Phi) is 25.2. The standard InChI is InChI=1S/2C49H55FN3O2.Zn/c1-31-19-21-34(22-20-31)40(43-39(32-15-11-9-12-16-32)42(50)46(52-43)54-37-27-23-35(24-28-37)48(2,3)4)44-41(33-17-13-10-14-18-33)45(51-8)47(53-44)55-38-29-25-36(26-30-38)49(5,6)7;1-31-18-20-34(21-19-31)42(45-41(33-16-12-9-13-17-33)43(50)47(53-45)55-38-28-24-36(25-29-38)49(5,6)7)44-40(32-14-10-8-11-15-32)39(30-51)46(52-44)54-37-26-22-35(23-27-37)48(2,3)4;/h19-30,32-33H,9-18H2,1-7H3;18-29,32-33H,8-17H2,1-7H3;/q2*-1;+2/b43-40-;44-42-;. The van der Waals surface area contributed by atoms with Crippen LogP contribution < -0.4 is 28.9 Å². The van der Waals surface area contributed by atoms with Gasteiger partial charge in [0.1, 0.15) is 40.5 Å². The number of hydrogen-bond acceptors (Lipinski definition) is 7. The Balaban J connectivity index is 0.000000204. The zero-order chi connectivity index (χ0) is 77.8. The van der Waals surface area contributed by atoms with Gasteiger partial charge in [-0.05, 0) is 209 Å². The van der Waals surface area contributed by atoms with E-state index in [0.717, 1.165) is 160 Å². The number of halogens is 2. The van der Waals surface area contributed by atoms with Crippen molar-refractivity contribution in [2.75, 3.05) is 0 Å². The van der Waals surface area contributed by atoms with Crippen LogP contribution in [0, 0.1) is 49.4 Å². The Labute approximate surface area is 672 Å². The summed E-state index contributed by atoms with van der Waals surface area (Å²) >= 11 is 0. The van der Waals surface area contributed by atoms with Crippen LogP contribution in [0.3, 0.4) is 0 Å². The van der Waals surface area contributed by atoms with Gasteiger partial charge in [-0.3, -0.25) is 0 Å². The molecule has 13 heteroatoms. The molecule has 8 aromatic rings. The molecule has 0 saturated heterocycles. The molecule has 0 unspecified atom stereocenters. The van der Waals surface area contributed by atoms with Gasteiger partial charge in [0.05, 0.1) is 23.8 Å². The Morgan fingerprint density at radius 2 is 0.730 bits per heavy atom. The number of nitriles is 1. The molecule has 0 amide bonds. The quantitative estimate of drug-likeness (QED) is 0.0786. The molecule has 14 rings (SSSR count). The van der Waals surface area contributed by atoms with Gasteiger partial charge in [0.2, 0.25) is 11.6 Å². The summed E-state index contributed by atoms with van der Waals surface area (Å²) in [5, 5.41) is 10.9. The molecule has 4 heterocycles. The van der Waals surface area contributed by atoms with E-state index in [1.807, 2.05) is 72.8 Å². The minimum absolute atomic E-state index is 0. The predicted molar refractivity (Wildman–Crippen MR) is 443 cm³/mol. The second-order valence-corrected chi connectivity index (χ2v) is 35.6. The third-order valence-corrected chi connectivity index (χ3v) is 23.3. The van der Waals surface area contributed by atoms with Gasteiger partial charge in [-0.2, -0.15) is 5.26 Å². The fourth-order valence-corrected chi connectivity index (χ4v) is 16.9. The molecule has 6 aromatic carbocycles. The number of rotatable bonds is 14. The molecule has 4 saturated carbocycles. The summed E-state index contributed by atoms with van der Waals surface area (Å²) in [4.78, 5) is 24.9. The minimum atomic E-state index is -0.409. The van der Waals surface area contributed by atoms with E-state index < -0.39 is 11.6 Å². The summed E-state index contributed by atoms with van der Waals surface area (Å²) < 4.78 is 60.2. The summed E-state index contributed by atoms with van der Waals surface area (Å²) in [5.74, 6) is 2.26. The van der Waals surface area contributed by atoms with Crippen molar-refractivity contribution in [1.29, 1.82) is 5.26 Å². The molecule has 4 aliphatic carbocycles. The van der Waals surface area contributed by atoms with Crippen molar-refractivity contribution < 1.29 is 47.2 Å². The SMILES string of the molecule is Cc1ccc(/C(=C2/N=C(Oc3ccc(C(C)(C)C)cc3)C(C#N)=C2C2CCCCC2)c2[n-]c(Oc3ccc(C(C)(C)C)cc3)c(F)c2C2CCCCC2)cc1.[C-]#[N+]c1c(Oc2ccc(C(C)(C)C)cc2)[n-]c(/C(=C2\N=C(Oc3ccc(C(C)(C)C)cc3)C(F)=C2C2CCCCC2)c2ccc(C)cc2)c1C1CCCCC1.[Zn+2]. The summed E-state index contributed by atoms with van der Waals surface area (Å²) in [5.41, 5.74) is 16.4. The van der Waals surface area contributed by atoms with Crippen LogP contribution in [0.15, 0.2) is 190 Å². The van der Waals surface area contributed by atoms with E-state index in [2.05, 4.69) is 181 Å². The van der Waals surface area contributed by atoms with Crippen molar-refractivity contribution in [1.82, 2.24) is 9.97 Å². The molecule has 0 spiro atoms. The van der Waals surface area contributed by atoms with Crippen molar-refractivity contribution in [3.05, 3.63) is 264 Å². The molecule has 0 N–H and O–H groups in total. The smallest absolute Gasteiger partial charge is 0.637 e. The molecular weight excluding hydrogens is 1430 g/mol. The first-order valence-electron chi connectivity index (χ1n) is 40.6. The van der Waals surface area contributed by atoms with Crippen LogP contribution in [-0.2, 0) is 41.1 Å². The van der Waals surface area contributed by atoms with Gasteiger partial charge in [0.15, 0.2) is 5.83 Å². The number of aliphatic imine (C=N–C) groups is 2. The average molecular weight is 1540 g/mol. The van der Waals surface area contributed by atoms with Gasteiger partial charge in [0, 0.05) is 17.0 Å². The molecule has 4 fully saturated rings. The van der Waals surface area contributed by atoms with E-state index >= 15 is 8.78 Å². The van der Waals surface area contributed by atoms with Crippen LogP contribution in [0.1, 0.15) is 290 Å². The van der Waals surface area contributed by atoms with Gasteiger partial charge < -0.3 is 28.9 Å². The summed E-state index contributed by atoms with van der Waals surface area (Å²) in [6.45, 7) is 38.8. The van der Waals surface area contributed by atoms with Gasteiger partial charge in [-0.1, -0.05) is 274 Å². The van der Waals surface area contributed by atoms with Crippen LogP contribution in [0.25, 0.3) is 16.0 Å². The number of ether oxygens (including phenoxy) is 4. The number of benzene rings is 6. The first-order chi connectivity index (χ1) is 52.6. The van der Waals surface area contributed by atoms with Crippen LogP contribution in [-0.4, -0.2) is 11.8 Å². The maximum atomic E-state index is 17.2. The number of allylic oxidation sites excluding steroid dienone is 2. The molecule has 2 aliphatic heterocycles. The number of hydrogen-bond donors (Lipinski definition) is 0. The second-order valence-electron chi connectivity index (χ2n) is 35.6. The molecule has 2 aromatic heterocycles. The zero-order valence-corrected chi connectivity index (χ0v) is 71.1. The fraction of sp³-hybridized carbons (Fsp3) is 0.429. The predicted octanol–water partition coefficient (Wildman–Crippen LogP) is 27.2. The molecular formula is C98H110F2N6O4Zn. The summed E-state index contributed by atoms with van der Waals surface area (Å²) in [6, 6.07) is 51.0. The van der Waals surface area contributed by atoms with Crippen LogP contribution in [0.2, 0.25) is 0 Å². The molecule has 572 valence electrons. The molecule has 6 aliphatic rings. The maximum absolute atomic E-state index is 17.2. The third kappa shape index (κ3) is 18.5. The first kappa shape index (κ1) is 81.3. The Morgan fingerprint density at radius 1 is 0.414 bits per heavy atom. The fourth-order valence-electron chi connectivity index (χ4n) is 16.9. The van der Waals surface area contributed by atoms with E-state index in [1.165, 1.54) is 35.1 Å². The van der Waals surface area contributed by atoms with Crippen LogP contribution in [0.4, 0.5) is 14.5 Å². The largest absolute Gasteiger partial charge is 2.00 e. The average Bonchev–Trinajstić information content (AvgIpc) is 1.60. The summed E-state index contributed by atoms with van der Waals surface area (Å²) in [6.07, 6.45) is 20.4. The van der Waals surface area contributed by atoms with Crippen molar-refractivity contribution in [3.8, 4) is 40.8 Å². The third-order valence-electron chi connectivity index (χ3n) is 23.3. The molecule has 111 heavy (non-hydrogen) atoms. The Bertz CT molecular complexity index is 4900. The van der Waals surface area contributed by atoms with Gasteiger partial charge in [-0.25, -0.2) is 23.6 Å². The molecule has 10 nitrogen and oxygen atoms in total. The number of aromatic nitrogens is 2. The summed E-state index contributed by atoms with van der Waals surface area (Å²) in [7, 11) is 0. The van der Waals surface area contributed by atoms with E-state index in [1.54, 1.807) is 0 Å². The van der Waals surface area contributed by atoms with Crippen molar-refractivity contribution >= 4 is 28.6 Å². The molecule has 0 radical (unpaired) electrons. The number of nitrogens with zero attached hydrogens (tertiary/aromatic N) is 6. The Hall–Kier alpha value is -9.16. The normalized spacial score (nSPS) is 18.1. The topological polar surface area (TPSA) is 118 Å².